The Morgan fingerprint density at radius 3 is 2.82 bits per heavy atom. The number of hydrogen-bond donors (Lipinski definition) is 2. The van der Waals surface area contributed by atoms with Crippen LogP contribution in [0, 0.1) is 0 Å². The number of aliphatic hydroxyl groups excluding tert-OH is 1. The molecule has 2 aliphatic heterocycles. The molecule has 0 saturated carbocycles. The topological polar surface area (TPSA) is 78.5 Å². The third-order valence-corrected chi connectivity index (χ3v) is 5.82. The number of nitrogens with one attached hydrogen (secondary N) is 1. The molecule has 0 spiro atoms. The van der Waals surface area contributed by atoms with Crippen molar-refractivity contribution in [2.45, 2.75) is 44.4 Å². The van der Waals surface area contributed by atoms with Crippen LogP contribution in [0.5, 0.6) is 5.75 Å². The molecule has 0 bridgehead atoms. The molecule has 0 aliphatic carbocycles. The largest absolute Gasteiger partial charge is 0.485 e. The van der Waals surface area contributed by atoms with Gasteiger partial charge in [0, 0.05) is 24.1 Å². The van der Waals surface area contributed by atoms with Crippen molar-refractivity contribution in [1.82, 2.24) is 14.9 Å². The van der Waals surface area contributed by atoms with Gasteiger partial charge in [-0.2, -0.15) is 0 Å². The molecule has 6 heteroatoms. The number of ether oxygens (including phenoxy) is 1. The number of hydrogen-bond acceptors (Lipinski definition) is 4. The minimum Gasteiger partial charge on any atom is -0.485 e. The summed E-state index contributed by atoms with van der Waals surface area (Å²) in [6.07, 6.45) is 0.540. The predicted molar refractivity (Wildman–Crippen MR) is 106 cm³/mol. The number of carbonyl (C=O) groups excluding carboxylic acids is 1. The van der Waals surface area contributed by atoms with Crippen LogP contribution >= 0.6 is 0 Å². The summed E-state index contributed by atoms with van der Waals surface area (Å²) in [7, 11) is 0. The number of para-hydroxylation sites is 2. The minimum absolute atomic E-state index is 0.0850. The number of likely N-dealkylation sites (tertiary alicyclic amines) is 1. The Labute approximate surface area is 163 Å². The molecule has 0 radical (unpaired) electrons. The van der Waals surface area contributed by atoms with Crippen LogP contribution in [0.4, 0.5) is 0 Å². The average molecular weight is 377 g/mol. The lowest BCUT2D eigenvalue weighted by molar-refractivity contribution is -0.139. The lowest BCUT2D eigenvalue weighted by Gasteiger charge is -2.45. The highest BCUT2D eigenvalue weighted by Gasteiger charge is 2.47. The highest BCUT2D eigenvalue weighted by atomic mass is 16.5. The SMILES string of the molecule is CC1(C)Oc2ccc(-c3nc4ccccc4[nH]3)cc2C(N2CCCC2=O)[C@@H]1O. The number of aromatic amines is 1. The summed E-state index contributed by atoms with van der Waals surface area (Å²) in [4.78, 5) is 22.3. The fourth-order valence-electron chi connectivity index (χ4n) is 4.30. The summed E-state index contributed by atoms with van der Waals surface area (Å²) in [6, 6.07) is 13.3. The number of aromatic nitrogens is 2. The van der Waals surface area contributed by atoms with Crippen LogP contribution in [0.3, 0.4) is 0 Å². The lowest BCUT2D eigenvalue weighted by atomic mass is 9.85. The first-order valence-corrected chi connectivity index (χ1v) is 9.70. The van der Waals surface area contributed by atoms with Crippen molar-refractivity contribution in [2.75, 3.05) is 6.54 Å². The molecule has 1 aromatic heterocycles. The summed E-state index contributed by atoms with van der Waals surface area (Å²) >= 11 is 0. The predicted octanol–water partition coefficient (Wildman–Crippen LogP) is 3.43. The monoisotopic (exact) mass is 377 g/mol. The summed E-state index contributed by atoms with van der Waals surface area (Å²) in [6.45, 7) is 4.38. The van der Waals surface area contributed by atoms with Crippen molar-refractivity contribution in [3.05, 3.63) is 48.0 Å². The molecule has 2 aromatic carbocycles. The van der Waals surface area contributed by atoms with E-state index in [9.17, 15) is 9.90 Å². The highest BCUT2D eigenvalue weighted by molar-refractivity contribution is 5.80. The van der Waals surface area contributed by atoms with E-state index in [0.29, 0.717) is 18.7 Å². The molecule has 1 fully saturated rings. The Morgan fingerprint density at radius 2 is 2.07 bits per heavy atom. The first-order chi connectivity index (χ1) is 13.4. The van der Waals surface area contributed by atoms with Crippen LogP contribution in [-0.2, 0) is 4.79 Å². The molecule has 5 rings (SSSR count). The van der Waals surface area contributed by atoms with Crippen LogP contribution in [0.2, 0.25) is 0 Å². The zero-order valence-electron chi connectivity index (χ0n) is 16.0. The third-order valence-electron chi connectivity index (χ3n) is 5.82. The number of aliphatic hydroxyl groups is 1. The second-order valence-corrected chi connectivity index (χ2v) is 8.14. The van der Waals surface area contributed by atoms with Crippen LogP contribution < -0.4 is 4.74 Å². The van der Waals surface area contributed by atoms with Gasteiger partial charge < -0.3 is 19.7 Å². The van der Waals surface area contributed by atoms with E-state index in [0.717, 1.165) is 34.4 Å². The van der Waals surface area contributed by atoms with E-state index in [1.165, 1.54) is 0 Å². The standard InChI is InChI=1S/C22H23N3O3/c1-22(2)20(27)19(25-11-5-8-18(25)26)14-12-13(9-10-17(14)28-22)21-23-15-6-3-4-7-16(15)24-21/h3-4,6-7,9-10,12,19-20,27H,5,8,11H2,1-2H3,(H,23,24)/t19?,20-/m0/s1. The molecule has 2 aliphatic rings. The number of nitrogens with zero attached hydrogens (tertiary/aromatic N) is 2. The van der Waals surface area contributed by atoms with Crippen molar-refractivity contribution in [2.24, 2.45) is 0 Å². The number of carbonyl (C=O) groups is 1. The van der Waals surface area contributed by atoms with E-state index in [4.69, 9.17) is 4.74 Å². The lowest BCUT2D eigenvalue weighted by Crippen LogP contribution is -2.53. The van der Waals surface area contributed by atoms with E-state index in [2.05, 4.69) is 9.97 Å². The molecule has 6 nitrogen and oxygen atoms in total. The van der Waals surface area contributed by atoms with E-state index < -0.39 is 17.7 Å². The Bertz CT molecular complexity index is 1040. The maximum atomic E-state index is 12.5. The third kappa shape index (κ3) is 2.59. The smallest absolute Gasteiger partial charge is 0.223 e. The van der Waals surface area contributed by atoms with Gasteiger partial charge in [0.05, 0.1) is 17.1 Å². The Morgan fingerprint density at radius 1 is 1.25 bits per heavy atom. The molecule has 2 atom stereocenters. The summed E-state index contributed by atoms with van der Waals surface area (Å²) < 4.78 is 6.09. The number of imidazole rings is 1. The van der Waals surface area contributed by atoms with E-state index >= 15 is 0 Å². The molecule has 28 heavy (non-hydrogen) atoms. The normalized spacial score (nSPS) is 23.7. The van der Waals surface area contributed by atoms with Crippen molar-refractivity contribution in [3.8, 4) is 17.1 Å². The Kier molecular flexibility index (Phi) is 3.74. The van der Waals surface area contributed by atoms with Gasteiger partial charge in [-0.3, -0.25) is 4.79 Å². The van der Waals surface area contributed by atoms with Crippen LogP contribution in [0.1, 0.15) is 38.3 Å². The number of fused-ring (bicyclic) bond motifs is 2. The quantitative estimate of drug-likeness (QED) is 0.717. The molecular weight excluding hydrogens is 354 g/mol. The van der Waals surface area contributed by atoms with Gasteiger partial charge in [0.2, 0.25) is 5.91 Å². The number of amides is 1. The van der Waals surface area contributed by atoms with Crippen LogP contribution in [-0.4, -0.2) is 44.1 Å². The zero-order valence-corrected chi connectivity index (χ0v) is 16.0. The minimum atomic E-state index is -0.812. The average Bonchev–Trinajstić information content (AvgIpc) is 3.28. The molecule has 1 saturated heterocycles. The molecule has 3 aromatic rings. The van der Waals surface area contributed by atoms with Gasteiger partial charge >= 0.3 is 0 Å². The first-order valence-electron chi connectivity index (χ1n) is 9.70. The number of rotatable bonds is 2. The first kappa shape index (κ1) is 17.3. The zero-order chi connectivity index (χ0) is 19.5. The molecule has 2 N–H and O–H groups in total. The summed E-state index contributed by atoms with van der Waals surface area (Å²) in [5, 5.41) is 11.1. The molecule has 144 valence electrons. The van der Waals surface area contributed by atoms with Crippen molar-refractivity contribution < 1.29 is 14.6 Å². The Balaban J connectivity index is 1.63. The maximum Gasteiger partial charge on any atom is 0.223 e. The van der Waals surface area contributed by atoms with Gasteiger partial charge in [0.15, 0.2) is 0 Å². The fraction of sp³-hybridized carbons (Fsp3) is 0.364. The fourth-order valence-corrected chi connectivity index (χ4v) is 4.30. The highest BCUT2D eigenvalue weighted by Crippen LogP contribution is 2.45. The second-order valence-electron chi connectivity index (χ2n) is 8.14. The summed E-state index contributed by atoms with van der Waals surface area (Å²) in [5.41, 5.74) is 2.83. The van der Waals surface area contributed by atoms with Gasteiger partial charge in [0.25, 0.3) is 0 Å². The van der Waals surface area contributed by atoms with Gasteiger partial charge in [-0.25, -0.2) is 4.98 Å². The van der Waals surface area contributed by atoms with Gasteiger partial charge in [-0.15, -0.1) is 0 Å². The maximum absolute atomic E-state index is 12.5. The Hall–Kier alpha value is -2.86. The van der Waals surface area contributed by atoms with Crippen LogP contribution in [0.25, 0.3) is 22.4 Å². The second kappa shape index (κ2) is 6.07. The molecular formula is C22H23N3O3. The summed E-state index contributed by atoms with van der Waals surface area (Å²) in [5.74, 6) is 1.55. The van der Waals surface area contributed by atoms with Crippen LogP contribution in [0.15, 0.2) is 42.5 Å². The van der Waals surface area contributed by atoms with E-state index in [1.54, 1.807) is 4.90 Å². The van der Waals surface area contributed by atoms with E-state index in [-0.39, 0.29) is 5.91 Å². The van der Waals surface area contributed by atoms with E-state index in [1.807, 2.05) is 56.3 Å². The van der Waals surface area contributed by atoms with Crippen molar-refractivity contribution in [1.29, 1.82) is 0 Å². The molecule has 1 unspecified atom stereocenters. The molecule has 3 heterocycles. The number of H-pyrrole nitrogens is 1. The van der Waals surface area contributed by atoms with Gasteiger partial charge in [0.1, 0.15) is 23.3 Å². The molecule has 1 amide bonds. The van der Waals surface area contributed by atoms with Gasteiger partial charge in [-0.1, -0.05) is 12.1 Å². The number of benzene rings is 2. The van der Waals surface area contributed by atoms with Crippen molar-refractivity contribution >= 4 is 16.9 Å². The van der Waals surface area contributed by atoms with Crippen molar-refractivity contribution in [3.63, 3.8) is 0 Å². The van der Waals surface area contributed by atoms with Gasteiger partial charge in [-0.05, 0) is 50.6 Å².